The van der Waals surface area contributed by atoms with Crippen LogP contribution in [0.4, 0.5) is 15.9 Å². The van der Waals surface area contributed by atoms with E-state index in [4.69, 9.17) is 9.84 Å². The highest BCUT2D eigenvalue weighted by atomic mass is 32.1. The van der Waals surface area contributed by atoms with Crippen LogP contribution >= 0.6 is 11.3 Å². The number of piperidine rings is 1. The van der Waals surface area contributed by atoms with E-state index in [-0.39, 0.29) is 5.82 Å². The molecule has 0 amide bonds. The van der Waals surface area contributed by atoms with Gasteiger partial charge in [0.05, 0.1) is 17.1 Å². The first-order chi connectivity index (χ1) is 19.1. The standard InChI is InChI=1S/C30H29FN6OS/c1-18-13-21(5-8-26(18)38-16-19-3-2-4-20(31)14-19)35-29-27-23-6-7-25-24(28(23)39-30(27)34-17-33-29)15-37(36-25)22-9-11-32-12-10-22/h2-5,8,13-15,17,22,32H,6-7,9-12,16H2,1H3,(H,33,34,35). The Kier molecular flexibility index (Phi) is 6.25. The molecule has 2 aliphatic rings. The highest BCUT2D eigenvalue weighted by Crippen LogP contribution is 2.45. The lowest BCUT2D eigenvalue weighted by Crippen LogP contribution is -2.29. The fraction of sp³-hybridized carbons (Fsp3) is 0.300. The van der Waals surface area contributed by atoms with Crippen LogP contribution in [-0.4, -0.2) is 32.8 Å². The van der Waals surface area contributed by atoms with Crippen molar-refractivity contribution in [2.45, 2.75) is 45.3 Å². The number of ether oxygens (including phenoxy) is 1. The summed E-state index contributed by atoms with van der Waals surface area (Å²) in [7, 11) is 0. The zero-order chi connectivity index (χ0) is 26.3. The summed E-state index contributed by atoms with van der Waals surface area (Å²) in [5.74, 6) is 1.33. The summed E-state index contributed by atoms with van der Waals surface area (Å²) < 4.78 is 21.7. The molecule has 1 saturated heterocycles. The van der Waals surface area contributed by atoms with Crippen molar-refractivity contribution in [1.82, 2.24) is 25.1 Å². The first-order valence-corrected chi connectivity index (χ1v) is 14.2. The van der Waals surface area contributed by atoms with E-state index in [0.717, 1.165) is 77.4 Å². The Morgan fingerprint density at radius 3 is 2.87 bits per heavy atom. The summed E-state index contributed by atoms with van der Waals surface area (Å²) in [6.45, 7) is 4.42. The van der Waals surface area contributed by atoms with E-state index in [9.17, 15) is 4.39 Å². The number of nitrogens with one attached hydrogen (secondary N) is 2. The van der Waals surface area contributed by atoms with Crippen molar-refractivity contribution in [1.29, 1.82) is 0 Å². The predicted octanol–water partition coefficient (Wildman–Crippen LogP) is 6.35. The average Bonchev–Trinajstić information content (AvgIpc) is 3.55. The zero-order valence-electron chi connectivity index (χ0n) is 21.7. The van der Waals surface area contributed by atoms with E-state index in [1.807, 2.05) is 25.1 Å². The number of aromatic nitrogens is 4. The van der Waals surface area contributed by atoms with Crippen molar-refractivity contribution in [3.05, 3.63) is 83.2 Å². The third kappa shape index (κ3) is 4.66. The third-order valence-electron chi connectivity index (χ3n) is 7.66. The highest BCUT2D eigenvalue weighted by molar-refractivity contribution is 7.22. The summed E-state index contributed by atoms with van der Waals surface area (Å²) in [5, 5.41) is 13.1. The second kappa shape index (κ2) is 10.1. The van der Waals surface area contributed by atoms with Gasteiger partial charge in [0.15, 0.2) is 0 Å². The molecule has 2 N–H and O–H groups in total. The molecule has 0 unspecified atom stereocenters. The predicted molar refractivity (Wildman–Crippen MR) is 152 cm³/mol. The number of rotatable bonds is 6. The number of fused-ring (bicyclic) bond motifs is 5. The van der Waals surface area contributed by atoms with Crippen LogP contribution < -0.4 is 15.4 Å². The van der Waals surface area contributed by atoms with Crippen LogP contribution in [0.1, 0.15) is 41.3 Å². The van der Waals surface area contributed by atoms with Gasteiger partial charge in [-0.25, -0.2) is 14.4 Å². The van der Waals surface area contributed by atoms with Crippen molar-refractivity contribution in [2.75, 3.05) is 18.4 Å². The third-order valence-corrected chi connectivity index (χ3v) is 8.83. The lowest BCUT2D eigenvalue weighted by Gasteiger charge is -2.22. The minimum atomic E-state index is -0.258. The molecule has 3 aromatic heterocycles. The largest absolute Gasteiger partial charge is 0.489 e. The molecule has 0 bridgehead atoms. The Labute approximate surface area is 230 Å². The zero-order valence-corrected chi connectivity index (χ0v) is 22.5. The fourth-order valence-electron chi connectivity index (χ4n) is 5.66. The van der Waals surface area contributed by atoms with E-state index >= 15 is 0 Å². The lowest BCUT2D eigenvalue weighted by molar-refractivity contribution is 0.303. The Balaban J connectivity index is 1.15. The SMILES string of the molecule is Cc1cc(Nc2ncnc3sc4c(c23)CCc2nn(C3CCNCC3)cc2-4)ccc1OCc1cccc(F)c1. The Bertz CT molecular complexity index is 1670. The summed E-state index contributed by atoms with van der Waals surface area (Å²) in [6.07, 6.45) is 7.98. The van der Waals surface area contributed by atoms with Gasteiger partial charge < -0.3 is 15.4 Å². The molecule has 9 heteroatoms. The monoisotopic (exact) mass is 540 g/mol. The van der Waals surface area contributed by atoms with Crippen molar-refractivity contribution < 1.29 is 9.13 Å². The summed E-state index contributed by atoms with van der Waals surface area (Å²) in [6, 6.07) is 12.9. The molecular weight excluding hydrogens is 511 g/mol. The number of aryl methyl sites for hydroxylation is 3. The number of benzene rings is 2. The molecule has 4 heterocycles. The topological polar surface area (TPSA) is 76.9 Å². The normalized spacial score (nSPS) is 15.2. The number of hydrogen-bond donors (Lipinski definition) is 2. The molecule has 2 aromatic carbocycles. The van der Waals surface area contributed by atoms with Crippen LogP contribution in [0.2, 0.25) is 0 Å². The van der Waals surface area contributed by atoms with Crippen molar-refractivity contribution in [3.8, 4) is 16.2 Å². The van der Waals surface area contributed by atoms with E-state index in [1.54, 1.807) is 23.7 Å². The van der Waals surface area contributed by atoms with Gasteiger partial charge in [-0.3, -0.25) is 4.68 Å². The van der Waals surface area contributed by atoms with Crippen LogP contribution in [0.25, 0.3) is 20.7 Å². The minimum Gasteiger partial charge on any atom is -0.489 e. The van der Waals surface area contributed by atoms with Gasteiger partial charge in [-0.05, 0) is 92.7 Å². The molecule has 5 aromatic rings. The van der Waals surface area contributed by atoms with Gasteiger partial charge in [0.1, 0.15) is 35.1 Å². The van der Waals surface area contributed by atoms with Crippen LogP contribution in [0.3, 0.4) is 0 Å². The van der Waals surface area contributed by atoms with Crippen molar-refractivity contribution >= 4 is 33.1 Å². The van der Waals surface area contributed by atoms with Crippen molar-refractivity contribution in [3.63, 3.8) is 0 Å². The Hall–Kier alpha value is -3.82. The number of thiophene rings is 1. The maximum atomic E-state index is 13.5. The molecule has 1 fully saturated rings. The van der Waals surface area contributed by atoms with E-state index in [1.165, 1.54) is 33.8 Å². The van der Waals surface area contributed by atoms with Crippen molar-refractivity contribution in [2.24, 2.45) is 0 Å². The van der Waals surface area contributed by atoms with Gasteiger partial charge in [-0.2, -0.15) is 5.10 Å². The molecule has 7 nitrogen and oxygen atoms in total. The maximum Gasteiger partial charge on any atom is 0.142 e. The van der Waals surface area contributed by atoms with Gasteiger partial charge in [0.2, 0.25) is 0 Å². The van der Waals surface area contributed by atoms with Crippen LogP contribution in [0, 0.1) is 12.7 Å². The van der Waals surface area contributed by atoms with E-state index in [2.05, 4.69) is 37.5 Å². The second-order valence-corrected chi connectivity index (χ2v) is 11.3. The molecule has 0 atom stereocenters. The Morgan fingerprint density at radius 2 is 2.03 bits per heavy atom. The van der Waals surface area contributed by atoms with Gasteiger partial charge in [0.25, 0.3) is 0 Å². The van der Waals surface area contributed by atoms with E-state index in [0.29, 0.717) is 12.6 Å². The smallest absolute Gasteiger partial charge is 0.142 e. The highest BCUT2D eigenvalue weighted by Gasteiger charge is 2.28. The number of hydrogen-bond acceptors (Lipinski definition) is 7. The lowest BCUT2D eigenvalue weighted by atomic mass is 9.95. The molecule has 39 heavy (non-hydrogen) atoms. The maximum absolute atomic E-state index is 13.5. The molecule has 0 spiro atoms. The first kappa shape index (κ1) is 24.2. The van der Waals surface area contributed by atoms with E-state index < -0.39 is 0 Å². The fourth-order valence-corrected chi connectivity index (χ4v) is 6.88. The molecule has 1 aliphatic carbocycles. The van der Waals surface area contributed by atoms with Crippen LogP contribution in [0.15, 0.2) is 55.0 Å². The molecule has 0 radical (unpaired) electrons. The minimum absolute atomic E-state index is 0.258. The molecule has 7 rings (SSSR count). The quantitative estimate of drug-likeness (QED) is 0.261. The molecule has 198 valence electrons. The Morgan fingerprint density at radius 1 is 1.13 bits per heavy atom. The number of halogens is 1. The van der Waals surface area contributed by atoms with Gasteiger partial charge >= 0.3 is 0 Å². The first-order valence-electron chi connectivity index (χ1n) is 13.4. The van der Waals surface area contributed by atoms with Gasteiger partial charge in [0, 0.05) is 22.3 Å². The second-order valence-electron chi connectivity index (χ2n) is 10.3. The van der Waals surface area contributed by atoms with Gasteiger partial charge in [-0.15, -0.1) is 11.3 Å². The summed E-state index contributed by atoms with van der Waals surface area (Å²) in [5.41, 5.74) is 6.47. The van der Waals surface area contributed by atoms with Crippen LogP contribution in [0.5, 0.6) is 5.75 Å². The van der Waals surface area contributed by atoms with Crippen LogP contribution in [-0.2, 0) is 19.4 Å². The molecule has 1 aliphatic heterocycles. The summed E-state index contributed by atoms with van der Waals surface area (Å²) in [4.78, 5) is 11.5. The summed E-state index contributed by atoms with van der Waals surface area (Å²) >= 11 is 1.73. The average molecular weight is 541 g/mol. The number of nitrogens with zero attached hydrogens (tertiary/aromatic N) is 4. The molecule has 0 saturated carbocycles. The van der Waals surface area contributed by atoms with Gasteiger partial charge in [-0.1, -0.05) is 12.1 Å². The number of anilines is 2. The molecular formula is C30H29FN6OS.